The van der Waals surface area contributed by atoms with Crippen LogP contribution in [0.15, 0.2) is 23.4 Å². The molecule has 1 aromatic heterocycles. The normalized spacial score (nSPS) is 20.0. The van der Waals surface area contributed by atoms with Crippen LogP contribution in [0.2, 0.25) is 0 Å². The van der Waals surface area contributed by atoms with Crippen LogP contribution in [0.25, 0.3) is 5.69 Å². The van der Waals surface area contributed by atoms with Gasteiger partial charge in [-0.15, -0.1) is 5.10 Å². The van der Waals surface area contributed by atoms with Gasteiger partial charge in [0.05, 0.1) is 22.4 Å². The third-order valence-electron chi connectivity index (χ3n) is 4.41. The fourth-order valence-corrected chi connectivity index (χ4v) is 5.20. The van der Waals surface area contributed by atoms with Crippen LogP contribution in [0.4, 0.5) is 0 Å². The molecule has 1 aromatic carbocycles. The van der Waals surface area contributed by atoms with Crippen molar-refractivity contribution in [2.24, 2.45) is 0 Å². The Morgan fingerprint density at radius 1 is 1.35 bits per heavy atom. The summed E-state index contributed by atoms with van der Waals surface area (Å²) in [6, 6.07) is 5.60. The summed E-state index contributed by atoms with van der Waals surface area (Å²) in [6.45, 7) is 5.80. The summed E-state index contributed by atoms with van der Waals surface area (Å²) < 4.78 is 24.6. The SMILES string of the molecule is Cc1ccc(-n2nnnc2S[C@H](C)C(=O)N[C@@H]2CCS(=O)(=O)C2)cc1C. The minimum atomic E-state index is -3.03. The molecular formula is C16H21N5O3S2. The Labute approximate surface area is 156 Å². The van der Waals surface area contributed by atoms with Gasteiger partial charge in [0.1, 0.15) is 0 Å². The van der Waals surface area contributed by atoms with Crippen molar-refractivity contribution in [3.63, 3.8) is 0 Å². The van der Waals surface area contributed by atoms with Crippen molar-refractivity contribution in [3.8, 4) is 5.69 Å². The third kappa shape index (κ3) is 4.24. The predicted octanol–water partition coefficient (Wildman–Crippen LogP) is 1.06. The van der Waals surface area contributed by atoms with Crippen LogP contribution < -0.4 is 5.32 Å². The largest absolute Gasteiger partial charge is 0.351 e. The lowest BCUT2D eigenvalue weighted by molar-refractivity contribution is -0.120. The number of rotatable bonds is 5. The monoisotopic (exact) mass is 395 g/mol. The Balaban J connectivity index is 1.68. The fourth-order valence-electron chi connectivity index (χ4n) is 2.71. The highest BCUT2D eigenvalue weighted by Crippen LogP contribution is 2.24. The number of benzene rings is 1. The van der Waals surface area contributed by atoms with Crippen molar-refractivity contribution >= 4 is 27.5 Å². The number of nitrogens with one attached hydrogen (secondary N) is 1. The second-order valence-electron chi connectivity index (χ2n) is 6.51. The average Bonchev–Trinajstić information content (AvgIpc) is 3.16. The molecule has 0 saturated carbocycles. The Morgan fingerprint density at radius 3 is 2.77 bits per heavy atom. The highest BCUT2D eigenvalue weighted by Gasteiger charge is 2.30. The molecule has 1 saturated heterocycles. The van der Waals surface area contributed by atoms with Crippen LogP contribution in [-0.2, 0) is 14.6 Å². The first-order valence-corrected chi connectivity index (χ1v) is 11.0. The van der Waals surface area contributed by atoms with Gasteiger partial charge in [-0.25, -0.2) is 8.42 Å². The molecule has 1 aliphatic rings. The molecule has 2 heterocycles. The molecule has 3 rings (SSSR count). The quantitative estimate of drug-likeness (QED) is 0.755. The molecule has 2 aromatic rings. The van der Waals surface area contributed by atoms with E-state index in [4.69, 9.17) is 0 Å². The van der Waals surface area contributed by atoms with Gasteiger partial charge in [0.15, 0.2) is 9.84 Å². The minimum absolute atomic E-state index is 0.0104. The first-order chi connectivity index (χ1) is 12.2. The molecule has 1 fully saturated rings. The van der Waals surface area contributed by atoms with E-state index in [-0.39, 0.29) is 23.5 Å². The lowest BCUT2D eigenvalue weighted by atomic mass is 10.1. The number of hydrogen-bond donors (Lipinski definition) is 1. The average molecular weight is 396 g/mol. The minimum Gasteiger partial charge on any atom is -0.351 e. The number of sulfone groups is 1. The van der Waals surface area contributed by atoms with Gasteiger partial charge in [-0.05, 0) is 60.9 Å². The number of thioether (sulfide) groups is 1. The summed E-state index contributed by atoms with van der Waals surface area (Å²) in [5.74, 6) is -0.0761. The number of aryl methyl sites for hydroxylation is 2. The Morgan fingerprint density at radius 2 is 2.12 bits per heavy atom. The zero-order valence-corrected chi connectivity index (χ0v) is 16.5. The van der Waals surface area contributed by atoms with E-state index < -0.39 is 15.1 Å². The maximum Gasteiger partial charge on any atom is 0.233 e. The third-order valence-corrected chi connectivity index (χ3v) is 7.21. The molecule has 1 N–H and O–H groups in total. The molecule has 0 aliphatic carbocycles. The van der Waals surface area contributed by atoms with Gasteiger partial charge in [-0.2, -0.15) is 4.68 Å². The number of carbonyl (C=O) groups excluding carboxylic acids is 1. The van der Waals surface area contributed by atoms with E-state index in [2.05, 4.69) is 20.8 Å². The van der Waals surface area contributed by atoms with Crippen molar-refractivity contribution in [3.05, 3.63) is 29.3 Å². The fraction of sp³-hybridized carbons (Fsp3) is 0.500. The topological polar surface area (TPSA) is 107 Å². The van der Waals surface area contributed by atoms with Crippen molar-refractivity contribution in [2.45, 2.75) is 43.6 Å². The van der Waals surface area contributed by atoms with E-state index in [1.165, 1.54) is 17.3 Å². The highest BCUT2D eigenvalue weighted by atomic mass is 32.2. The molecule has 0 bridgehead atoms. The Hall–Kier alpha value is -1.94. The molecule has 140 valence electrons. The standard InChI is InChI=1S/C16H21N5O3S2/c1-10-4-5-14(8-11(10)2)21-16(18-19-20-21)25-12(3)15(22)17-13-6-7-26(23,24)9-13/h4-5,8,12-13H,6-7,9H2,1-3H3,(H,17,22)/t12-,13-/m1/s1. The van der Waals surface area contributed by atoms with Crippen LogP contribution in [0.3, 0.4) is 0 Å². The molecule has 0 unspecified atom stereocenters. The zero-order valence-electron chi connectivity index (χ0n) is 14.8. The van der Waals surface area contributed by atoms with Crippen LogP contribution in [-0.4, -0.2) is 57.3 Å². The van der Waals surface area contributed by atoms with Crippen LogP contribution >= 0.6 is 11.8 Å². The van der Waals surface area contributed by atoms with Crippen molar-refractivity contribution in [1.82, 2.24) is 25.5 Å². The van der Waals surface area contributed by atoms with Crippen LogP contribution in [0, 0.1) is 13.8 Å². The van der Waals surface area contributed by atoms with Crippen molar-refractivity contribution in [2.75, 3.05) is 11.5 Å². The van der Waals surface area contributed by atoms with Crippen LogP contribution in [0.1, 0.15) is 24.5 Å². The van der Waals surface area contributed by atoms with E-state index in [1.807, 2.05) is 32.0 Å². The lowest BCUT2D eigenvalue weighted by Crippen LogP contribution is -2.40. The maximum absolute atomic E-state index is 12.4. The summed E-state index contributed by atoms with van der Waals surface area (Å²) in [7, 11) is -3.03. The maximum atomic E-state index is 12.4. The van der Waals surface area contributed by atoms with Gasteiger partial charge in [0.25, 0.3) is 0 Å². The van der Waals surface area contributed by atoms with E-state index in [0.29, 0.717) is 11.6 Å². The van der Waals surface area contributed by atoms with Gasteiger partial charge in [0.2, 0.25) is 11.1 Å². The van der Waals surface area contributed by atoms with Gasteiger partial charge in [-0.3, -0.25) is 4.79 Å². The zero-order chi connectivity index (χ0) is 18.9. The molecule has 1 aliphatic heterocycles. The second kappa shape index (κ2) is 7.36. The number of amides is 1. The Bertz CT molecular complexity index is 926. The van der Waals surface area contributed by atoms with E-state index >= 15 is 0 Å². The molecule has 10 heteroatoms. The number of nitrogens with zero attached hydrogens (tertiary/aromatic N) is 4. The van der Waals surface area contributed by atoms with Crippen molar-refractivity contribution in [1.29, 1.82) is 0 Å². The van der Waals surface area contributed by atoms with Gasteiger partial charge in [0, 0.05) is 6.04 Å². The Kier molecular flexibility index (Phi) is 5.33. The summed E-state index contributed by atoms with van der Waals surface area (Å²) >= 11 is 1.24. The summed E-state index contributed by atoms with van der Waals surface area (Å²) in [6.07, 6.45) is 0.464. The number of carbonyl (C=O) groups is 1. The number of tetrazole rings is 1. The smallest absolute Gasteiger partial charge is 0.233 e. The van der Waals surface area contributed by atoms with Gasteiger partial charge < -0.3 is 5.32 Å². The first-order valence-electron chi connectivity index (χ1n) is 8.28. The molecule has 0 spiro atoms. The lowest BCUT2D eigenvalue weighted by Gasteiger charge is -2.15. The first kappa shape index (κ1) is 18.8. The van der Waals surface area contributed by atoms with E-state index in [0.717, 1.165) is 11.3 Å². The number of hydrogen-bond acceptors (Lipinski definition) is 7. The predicted molar refractivity (Wildman–Crippen MR) is 99.1 cm³/mol. The van der Waals surface area contributed by atoms with E-state index in [9.17, 15) is 13.2 Å². The van der Waals surface area contributed by atoms with Crippen LogP contribution in [0.5, 0.6) is 0 Å². The van der Waals surface area contributed by atoms with E-state index in [1.54, 1.807) is 11.6 Å². The highest BCUT2D eigenvalue weighted by molar-refractivity contribution is 8.00. The molecule has 1 amide bonds. The second-order valence-corrected chi connectivity index (χ2v) is 10.0. The molecule has 26 heavy (non-hydrogen) atoms. The van der Waals surface area contributed by atoms with Gasteiger partial charge in [-0.1, -0.05) is 17.8 Å². The molecule has 2 atom stereocenters. The number of aromatic nitrogens is 4. The summed E-state index contributed by atoms with van der Waals surface area (Å²) in [5.41, 5.74) is 3.13. The molecular weight excluding hydrogens is 374 g/mol. The molecule has 0 radical (unpaired) electrons. The summed E-state index contributed by atoms with van der Waals surface area (Å²) in [4.78, 5) is 12.4. The van der Waals surface area contributed by atoms with Gasteiger partial charge >= 0.3 is 0 Å². The van der Waals surface area contributed by atoms with Crippen molar-refractivity contribution < 1.29 is 13.2 Å². The summed E-state index contributed by atoms with van der Waals surface area (Å²) in [5, 5.41) is 14.6. The molecule has 8 nitrogen and oxygen atoms in total.